The molecule has 0 aliphatic carbocycles. The van der Waals surface area contributed by atoms with Gasteiger partial charge in [-0.3, -0.25) is 4.57 Å². The minimum atomic E-state index is -0.0414. The van der Waals surface area contributed by atoms with Gasteiger partial charge in [-0.1, -0.05) is 47.6 Å². The molecule has 0 fully saturated rings. The summed E-state index contributed by atoms with van der Waals surface area (Å²) >= 11 is 7.65. The average molecular weight is 383 g/mol. The summed E-state index contributed by atoms with van der Waals surface area (Å²) in [4.78, 5) is 4.45. The molecule has 5 nitrogen and oxygen atoms in total. The lowest BCUT2D eigenvalue weighted by atomic mass is 10.2. The SMILES string of the molecule is CC(Sc1nccn1-c1cccc(Cl)c1)c1nnc(-c2ccccc2)o1. The van der Waals surface area contributed by atoms with Crippen molar-refractivity contribution in [3.05, 3.63) is 77.9 Å². The summed E-state index contributed by atoms with van der Waals surface area (Å²) < 4.78 is 7.83. The fourth-order valence-electron chi connectivity index (χ4n) is 2.50. The van der Waals surface area contributed by atoms with E-state index in [-0.39, 0.29) is 5.25 Å². The van der Waals surface area contributed by atoms with Crippen LogP contribution in [0.2, 0.25) is 5.02 Å². The Balaban J connectivity index is 1.56. The predicted octanol–water partition coefficient (Wildman–Crippen LogP) is 5.43. The summed E-state index contributed by atoms with van der Waals surface area (Å²) in [5, 5.41) is 9.82. The number of rotatable bonds is 5. The van der Waals surface area contributed by atoms with Crippen LogP contribution in [-0.4, -0.2) is 19.7 Å². The van der Waals surface area contributed by atoms with E-state index in [1.54, 1.807) is 18.0 Å². The van der Waals surface area contributed by atoms with Crippen molar-refractivity contribution in [1.29, 1.82) is 0 Å². The van der Waals surface area contributed by atoms with E-state index in [1.165, 1.54) is 0 Å². The molecule has 7 heteroatoms. The predicted molar refractivity (Wildman–Crippen MR) is 103 cm³/mol. The molecule has 4 aromatic rings. The van der Waals surface area contributed by atoms with E-state index < -0.39 is 0 Å². The van der Waals surface area contributed by atoms with E-state index in [0.29, 0.717) is 16.8 Å². The smallest absolute Gasteiger partial charge is 0.247 e. The molecular weight excluding hydrogens is 368 g/mol. The molecule has 0 spiro atoms. The zero-order valence-electron chi connectivity index (χ0n) is 13.9. The Bertz CT molecular complexity index is 1020. The highest BCUT2D eigenvalue weighted by Crippen LogP contribution is 2.35. The summed E-state index contributed by atoms with van der Waals surface area (Å²) in [6.07, 6.45) is 3.67. The van der Waals surface area contributed by atoms with Gasteiger partial charge in [-0.05, 0) is 37.3 Å². The maximum Gasteiger partial charge on any atom is 0.247 e. The lowest BCUT2D eigenvalue weighted by molar-refractivity contribution is 0.509. The standard InChI is InChI=1S/C19H15ClN4OS/c1-13(17-22-23-18(25-17)14-6-3-2-4-7-14)26-19-21-10-11-24(19)16-9-5-8-15(20)12-16/h2-13H,1H3. The fourth-order valence-corrected chi connectivity index (χ4v) is 3.60. The summed E-state index contributed by atoms with van der Waals surface area (Å²) in [7, 11) is 0. The van der Waals surface area contributed by atoms with E-state index in [0.717, 1.165) is 16.4 Å². The average Bonchev–Trinajstić information content (AvgIpc) is 3.32. The number of hydrogen-bond acceptors (Lipinski definition) is 5. The van der Waals surface area contributed by atoms with Gasteiger partial charge in [-0.15, -0.1) is 10.2 Å². The van der Waals surface area contributed by atoms with Crippen LogP contribution in [0.15, 0.2) is 76.6 Å². The number of imidazole rings is 1. The Morgan fingerprint density at radius 2 is 1.92 bits per heavy atom. The van der Waals surface area contributed by atoms with E-state index >= 15 is 0 Å². The Labute approximate surface area is 160 Å². The maximum atomic E-state index is 6.10. The first kappa shape index (κ1) is 16.9. The molecule has 26 heavy (non-hydrogen) atoms. The largest absolute Gasteiger partial charge is 0.419 e. The van der Waals surface area contributed by atoms with Gasteiger partial charge in [0.2, 0.25) is 11.8 Å². The van der Waals surface area contributed by atoms with Gasteiger partial charge in [0.15, 0.2) is 5.16 Å². The van der Waals surface area contributed by atoms with Crippen molar-refractivity contribution in [1.82, 2.24) is 19.7 Å². The molecular formula is C19H15ClN4OS. The first-order chi connectivity index (χ1) is 12.7. The van der Waals surface area contributed by atoms with Gasteiger partial charge in [0, 0.05) is 28.7 Å². The lowest BCUT2D eigenvalue weighted by Gasteiger charge is -2.10. The van der Waals surface area contributed by atoms with Crippen LogP contribution in [-0.2, 0) is 0 Å². The highest BCUT2D eigenvalue weighted by atomic mass is 35.5. The van der Waals surface area contributed by atoms with Crippen molar-refractivity contribution < 1.29 is 4.42 Å². The first-order valence-electron chi connectivity index (χ1n) is 8.05. The van der Waals surface area contributed by atoms with Crippen LogP contribution in [0.1, 0.15) is 18.1 Å². The second kappa shape index (κ2) is 7.35. The minimum absolute atomic E-state index is 0.0414. The number of aromatic nitrogens is 4. The monoisotopic (exact) mass is 382 g/mol. The molecule has 0 bridgehead atoms. The maximum absolute atomic E-state index is 6.10. The van der Waals surface area contributed by atoms with Crippen LogP contribution in [0.25, 0.3) is 17.1 Å². The van der Waals surface area contributed by atoms with E-state index in [4.69, 9.17) is 16.0 Å². The number of thioether (sulfide) groups is 1. The van der Waals surface area contributed by atoms with Gasteiger partial charge in [0.25, 0.3) is 0 Å². The van der Waals surface area contributed by atoms with Crippen LogP contribution >= 0.6 is 23.4 Å². The van der Waals surface area contributed by atoms with Gasteiger partial charge in [0.1, 0.15) is 0 Å². The Morgan fingerprint density at radius 1 is 1.08 bits per heavy atom. The number of halogens is 1. The van der Waals surface area contributed by atoms with Crippen molar-refractivity contribution in [3.63, 3.8) is 0 Å². The quantitative estimate of drug-likeness (QED) is 0.431. The normalized spacial score (nSPS) is 12.2. The molecule has 130 valence electrons. The third-order valence-electron chi connectivity index (χ3n) is 3.78. The Hall–Kier alpha value is -2.57. The first-order valence-corrected chi connectivity index (χ1v) is 9.31. The molecule has 2 aromatic carbocycles. The lowest BCUT2D eigenvalue weighted by Crippen LogP contribution is -1.97. The molecule has 1 atom stereocenters. The molecule has 0 amide bonds. The second-order valence-corrected chi connectivity index (χ2v) is 7.38. The highest BCUT2D eigenvalue weighted by molar-refractivity contribution is 7.99. The molecule has 0 aliphatic heterocycles. The zero-order chi connectivity index (χ0) is 17.9. The fraction of sp³-hybridized carbons (Fsp3) is 0.105. The molecule has 4 rings (SSSR count). The summed E-state index contributed by atoms with van der Waals surface area (Å²) in [6.45, 7) is 2.02. The van der Waals surface area contributed by atoms with Gasteiger partial charge >= 0.3 is 0 Å². The van der Waals surface area contributed by atoms with E-state index in [2.05, 4.69) is 15.2 Å². The second-order valence-electron chi connectivity index (χ2n) is 5.63. The van der Waals surface area contributed by atoms with Crippen molar-refractivity contribution in [3.8, 4) is 17.1 Å². The minimum Gasteiger partial charge on any atom is -0.419 e. The molecule has 1 unspecified atom stereocenters. The number of hydrogen-bond donors (Lipinski definition) is 0. The molecule has 2 aromatic heterocycles. The van der Waals surface area contributed by atoms with Crippen LogP contribution in [0.4, 0.5) is 0 Å². The van der Waals surface area contributed by atoms with E-state index in [9.17, 15) is 0 Å². The summed E-state index contributed by atoms with van der Waals surface area (Å²) in [6, 6.07) is 17.4. The van der Waals surface area contributed by atoms with Gasteiger partial charge in [-0.25, -0.2) is 4.98 Å². The Kier molecular flexibility index (Phi) is 4.77. The van der Waals surface area contributed by atoms with Crippen LogP contribution in [0.3, 0.4) is 0 Å². The molecule has 0 saturated carbocycles. The molecule has 0 N–H and O–H groups in total. The van der Waals surface area contributed by atoms with Crippen molar-refractivity contribution in [2.75, 3.05) is 0 Å². The molecule has 0 aliphatic rings. The highest BCUT2D eigenvalue weighted by Gasteiger charge is 2.19. The third-order valence-corrected chi connectivity index (χ3v) is 5.09. The van der Waals surface area contributed by atoms with Gasteiger partial charge in [-0.2, -0.15) is 0 Å². The van der Waals surface area contributed by atoms with Crippen molar-refractivity contribution >= 4 is 23.4 Å². The summed E-state index contributed by atoms with van der Waals surface area (Å²) in [5.74, 6) is 1.08. The molecule has 2 heterocycles. The van der Waals surface area contributed by atoms with Gasteiger partial charge < -0.3 is 4.42 Å². The van der Waals surface area contributed by atoms with Crippen LogP contribution in [0.5, 0.6) is 0 Å². The number of benzene rings is 2. The number of nitrogens with zero attached hydrogens (tertiary/aromatic N) is 4. The van der Waals surface area contributed by atoms with E-state index in [1.807, 2.05) is 72.3 Å². The van der Waals surface area contributed by atoms with Crippen molar-refractivity contribution in [2.24, 2.45) is 0 Å². The molecule has 0 saturated heterocycles. The zero-order valence-corrected chi connectivity index (χ0v) is 15.5. The van der Waals surface area contributed by atoms with Crippen LogP contribution in [0, 0.1) is 0 Å². The topological polar surface area (TPSA) is 56.7 Å². The third kappa shape index (κ3) is 3.52. The van der Waals surface area contributed by atoms with Crippen LogP contribution < -0.4 is 0 Å². The molecule has 0 radical (unpaired) electrons. The Morgan fingerprint density at radius 3 is 2.73 bits per heavy atom. The van der Waals surface area contributed by atoms with Crippen molar-refractivity contribution in [2.45, 2.75) is 17.3 Å². The van der Waals surface area contributed by atoms with Gasteiger partial charge in [0.05, 0.1) is 5.25 Å². The summed E-state index contributed by atoms with van der Waals surface area (Å²) in [5.41, 5.74) is 1.86.